The second-order valence-electron chi connectivity index (χ2n) is 3.74. The second-order valence-corrected chi connectivity index (χ2v) is 3.74. The Bertz CT molecular complexity index is 356. The number of halogens is 2. The maximum absolute atomic E-state index is 13.4. The van der Waals surface area contributed by atoms with Crippen LogP contribution in [0.2, 0.25) is 0 Å². The first-order valence-corrected chi connectivity index (χ1v) is 5.01. The van der Waals surface area contributed by atoms with Crippen molar-refractivity contribution < 1.29 is 13.5 Å². The fourth-order valence-corrected chi connectivity index (χ4v) is 1.86. The topological polar surface area (TPSA) is 35.2 Å². The average Bonchev–Trinajstić information content (AvgIpc) is 2.23. The van der Waals surface area contributed by atoms with Gasteiger partial charge in [0.15, 0.2) is 11.6 Å². The molecule has 0 aromatic heterocycles. The van der Waals surface area contributed by atoms with Crippen LogP contribution in [0.4, 0.5) is 8.78 Å². The lowest BCUT2D eigenvalue weighted by molar-refractivity contribution is -0.00223. The largest absolute Gasteiger partial charge is 0.372 e. The Kier molecular flexibility index (Phi) is 2.98. The summed E-state index contributed by atoms with van der Waals surface area (Å²) in [4.78, 5) is 0. The third-order valence-electron chi connectivity index (χ3n) is 2.66. The van der Waals surface area contributed by atoms with E-state index in [4.69, 9.17) is 10.5 Å². The zero-order chi connectivity index (χ0) is 10.8. The van der Waals surface area contributed by atoms with Gasteiger partial charge in [-0.25, -0.2) is 8.78 Å². The van der Waals surface area contributed by atoms with Crippen molar-refractivity contribution in [3.63, 3.8) is 0 Å². The van der Waals surface area contributed by atoms with Gasteiger partial charge in [-0.05, 0) is 18.9 Å². The summed E-state index contributed by atoms with van der Waals surface area (Å²) in [6.07, 6.45) is 1.13. The quantitative estimate of drug-likeness (QED) is 0.775. The lowest BCUT2D eigenvalue weighted by atomic mass is 9.96. The van der Waals surface area contributed by atoms with E-state index >= 15 is 0 Å². The van der Waals surface area contributed by atoms with Crippen molar-refractivity contribution >= 4 is 0 Å². The molecular weight excluding hydrogens is 200 g/mol. The minimum atomic E-state index is -0.853. The maximum atomic E-state index is 13.4. The van der Waals surface area contributed by atoms with Crippen LogP contribution < -0.4 is 5.73 Å². The predicted octanol–water partition coefficient (Wildman–Crippen LogP) is 2.14. The molecule has 2 rings (SSSR count). The third-order valence-corrected chi connectivity index (χ3v) is 2.66. The van der Waals surface area contributed by atoms with Crippen LogP contribution in [0.15, 0.2) is 18.2 Å². The molecule has 1 fully saturated rings. The Labute approximate surface area is 87.0 Å². The first-order valence-electron chi connectivity index (χ1n) is 5.01. The summed E-state index contributed by atoms with van der Waals surface area (Å²) < 4.78 is 31.8. The molecule has 1 aromatic carbocycles. The molecule has 1 saturated heterocycles. The molecule has 0 bridgehead atoms. The molecule has 1 heterocycles. The van der Waals surface area contributed by atoms with Crippen LogP contribution in [0.3, 0.4) is 0 Å². The van der Waals surface area contributed by atoms with E-state index in [1.165, 1.54) is 12.1 Å². The second kappa shape index (κ2) is 4.24. The Morgan fingerprint density at radius 3 is 2.87 bits per heavy atom. The summed E-state index contributed by atoms with van der Waals surface area (Å²) in [6.45, 7) is 0.550. The average molecular weight is 213 g/mol. The van der Waals surface area contributed by atoms with Gasteiger partial charge in [0.05, 0.1) is 0 Å². The monoisotopic (exact) mass is 213 g/mol. The van der Waals surface area contributed by atoms with E-state index in [1.807, 2.05) is 0 Å². The van der Waals surface area contributed by atoms with E-state index in [2.05, 4.69) is 0 Å². The highest BCUT2D eigenvalue weighted by atomic mass is 19.2. The molecule has 0 spiro atoms. The number of ether oxygens (including phenoxy) is 1. The van der Waals surface area contributed by atoms with Crippen molar-refractivity contribution in [1.29, 1.82) is 0 Å². The van der Waals surface area contributed by atoms with Crippen LogP contribution >= 0.6 is 0 Å². The van der Waals surface area contributed by atoms with Crippen LogP contribution in [0.1, 0.15) is 24.5 Å². The van der Waals surface area contributed by atoms with Crippen molar-refractivity contribution in [3.8, 4) is 0 Å². The number of rotatable bonds is 1. The smallest absolute Gasteiger partial charge is 0.164 e. The van der Waals surface area contributed by atoms with E-state index < -0.39 is 17.7 Å². The zero-order valence-electron chi connectivity index (χ0n) is 8.25. The molecule has 2 unspecified atom stereocenters. The fourth-order valence-electron chi connectivity index (χ4n) is 1.86. The van der Waals surface area contributed by atoms with E-state index in [9.17, 15) is 8.78 Å². The van der Waals surface area contributed by atoms with Crippen LogP contribution in [-0.4, -0.2) is 12.6 Å². The molecule has 1 aliphatic rings. The first-order chi connectivity index (χ1) is 7.20. The molecule has 2 N–H and O–H groups in total. The molecule has 0 radical (unpaired) electrons. The lowest BCUT2D eigenvalue weighted by Crippen LogP contribution is -2.35. The Hall–Kier alpha value is -1.00. The minimum absolute atomic E-state index is 0.224. The van der Waals surface area contributed by atoms with Gasteiger partial charge in [0.1, 0.15) is 6.10 Å². The van der Waals surface area contributed by atoms with Crippen LogP contribution in [-0.2, 0) is 4.74 Å². The molecule has 2 atom stereocenters. The Morgan fingerprint density at radius 2 is 2.13 bits per heavy atom. The maximum Gasteiger partial charge on any atom is 0.164 e. The van der Waals surface area contributed by atoms with Gasteiger partial charge < -0.3 is 10.5 Å². The predicted molar refractivity (Wildman–Crippen MR) is 52.3 cm³/mol. The Morgan fingerprint density at radius 1 is 1.33 bits per heavy atom. The fraction of sp³-hybridized carbons (Fsp3) is 0.455. The van der Waals surface area contributed by atoms with E-state index in [-0.39, 0.29) is 11.6 Å². The first kappa shape index (κ1) is 10.5. The highest BCUT2D eigenvalue weighted by Crippen LogP contribution is 2.29. The molecular formula is C11H13F2NO. The molecule has 0 aliphatic carbocycles. The van der Waals surface area contributed by atoms with Crippen molar-refractivity contribution in [2.75, 3.05) is 6.61 Å². The van der Waals surface area contributed by atoms with Crippen LogP contribution in [0.25, 0.3) is 0 Å². The standard InChI is InChI=1S/C11H13F2NO/c12-8-4-1-3-7(10(8)13)11-9(14)5-2-6-15-11/h1,3-4,9,11H,2,5-6,14H2. The van der Waals surface area contributed by atoms with Gasteiger partial charge in [-0.15, -0.1) is 0 Å². The molecule has 2 nitrogen and oxygen atoms in total. The molecule has 82 valence electrons. The molecule has 0 amide bonds. The summed E-state index contributed by atoms with van der Waals surface area (Å²) in [5.41, 5.74) is 6.04. The lowest BCUT2D eigenvalue weighted by Gasteiger charge is -2.29. The molecule has 1 aromatic rings. The molecule has 1 aliphatic heterocycles. The van der Waals surface area contributed by atoms with Gasteiger partial charge in [0.25, 0.3) is 0 Å². The SMILES string of the molecule is NC1CCCOC1c1cccc(F)c1F. The number of benzene rings is 1. The van der Waals surface area contributed by atoms with Gasteiger partial charge in [-0.1, -0.05) is 12.1 Å². The van der Waals surface area contributed by atoms with Crippen molar-refractivity contribution in [1.82, 2.24) is 0 Å². The third kappa shape index (κ3) is 2.01. The van der Waals surface area contributed by atoms with Gasteiger partial charge in [0, 0.05) is 18.2 Å². The summed E-state index contributed by atoms with van der Waals surface area (Å²) >= 11 is 0. The minimum Gasteiger partial charge on any atom is -0.372 e. The molecule has 15 heavy (non-hydrogen) atoms. The number of hydrogen-bond acceptors (Lipinski definition) is 2. The van der Waals surface area contributed by atoms with E-state index in [0.717, 1.165) is 18.9 Å². The number of hydrogen-bond donors (Lipinski definition) is 1. The van der Waals surface area contributed by atoms with Crippen molar-refractivity contribution in [2.45, 2.75) is 25.0 Å². The van der Waals surface area contributed by atoms with Gasteiger partial charge in [-0.3, -0.25) is 0 Å². The van der Waals surface area contributed by atoms with Crippen molar-refractivity contribution in [2.24, 2.45) is 5.73 Å². The van der Waals surface area contributed by atoms with Crippen LogP contribution in [0.5, 0.6) is 0 Å². The number of nitrogens with two attached hydrogens (primary N) is 1. The van der Waals surface area contributed by atoms with Gasteiger partial charge in [0.2, 0.25) is 0 Å². The summed E-state index contributed by atoms with van der Waals surface area (Å²) in [7, 11) is 0. The van der Waals surface area contributed by atoms with E-state index in [1.54, 1.807) is 0 Å². The molecule has 4 heteroatoms. The van der Waals surface area contributed by atoms with E-state index in [0.29, 0.717) is 6.61 Å². The highest BCUT2D eigenvalue weighted by Gasteiger charge is 2.27. The molecule has 0 saturated carbocycles. The van der Waals surface area contributed by atoms with Gasteiger partial charge >= 0.3 is 0 Å². The van der Waals surface area contributed by atoms with Crippen LogP contribution in [0, 0.1) is 11.6 Å². The summed E-state index contributed by atoms with van der Waals surface area (Å²) in [5.74, 6) is -1.70. The zero-order valence-corrected chi connectivity index (χ0v) is 8.25. The summed E-state index contributed by atoms with van der Waals surface area (Å²) in [5, 5.41) is 0. The normalized spacial score (nSPS) is 26.6. The highest BCUT2D eigenvalue weighted by molar-refractivity contribution is 5.23. The van der Waals surface area contributed by atoms with Gasteiger partial charge in [-0.2, -0.15) is 0 Å². The van der Waals surface area contributed by atoms with Crippen molar-refractivity contribution in [3.05, 3.63) is 35.4 Å². The summed E-state index contributed by atoms with van der Waals surface area (Å²) in [6, 6.07) is 3.83. The Balaban J connectivity index is 2.31.